The Labute approximate surface area is 135 Å². The van der Waals surface area contributed by atoms with Crippen molar-refractivity contribution in [3.8, 4) is 0 Å². The predicted molar refractivity (Wildman–Crippen MR) is 54.0 cm³/mol. The average molecular weight is 262 g/mol. The molecule has 0 aromatic carbocycles. The van der Waals surface area contributed by atoms with Crippen LogP contribution in [0.2, 0.25) is 0 Å². The van der Waals surface area contributed by atoms with Crippen LogP contribution in [0.4, 0.5) is 0 Å². The van der Waals surface area contributed by atoms with Crippen molar-refractivity contribution in [2.75, 3.05) is 12.4 Å². The first kappa shape index (κ1) is 18.9. The molecule has 0 rings (SSSR count). The number of aliphatic hydroxyl groups is 1. The van der Waals surface area contributed by atoms with E-state index in [9.17, 15) is 13.0 Å². The molecular weight excluding hydrogens is 243 g/mol. The molecule has 1 N–H and O–H groups in total. The van der Waals surface area contributed by atoms with Crippen LogP contribution in [0.15, 0.2) is 0 Å². The molecule has 0 aromatic heterocycles. The summed E-state index contributed by atoms with van der Waals surface area (Å²) in [5.74, 6) is -0.232. The van der Waals surface area contributed by atoms with E-state index in [2.05, 4.69) is 0 Å². The van der Waals surface area contributed by atoms with Gasteiger partial charge in [0.1, 0.15) is 0 Å². The monoisotopic (exact) mass is 262 g/mol. The molecule has 0 saturated heterocycles. The Balaban J connectivity index is 0. The zero-order valence-electron chi connectivity index (χ0n) is 9.44. The Morgan fingerprint density at radius 1 is 0.867 bits per heavy atom. The molecule has 0 heterocycles. The van der Waals surface area contributed by atoms with Gasteiger partial charge in [0.25, 0.3) is 0 Å². The van der Waals surface area contributed by atoms with E-state index in [4.69, 9.17) is 5.11 Å². The van der Waals surface area contributed by atoms with Gasteiger partial charge in [-0.3, -0.25) is 0 Å². The van der Waals surface area contributed by atoms with Gasteiger partial charge in [-0.05, 0) is 12.8 Å². The quantitative estimate of drug-likeness (QED) is 0.304. The molecule has 0 aliphatic rings. The van der Waals surface area contributed by atoms with Crippen LogP contribution in [0.5, 0.6) is 0 Å². The zero-order chi connectivity index (χ0) is 10.9. The van der Waals surface area contributed by atoms with Crippen LogP contribution >= 0.6 is 0 Å². The summed E-state index contributed by atoms with van der Waals surface area (Å²) in [5, 5.41) is 8.50. The topological polar surface area (TPSA) is 77.4 Å². The third-order valence-corrected chi connectivity index (χ3v) is 2.84. The van der Waals surface area contributed by atoms with Gasteiger partial charge in [0.2, 0.25) is 0 Å². The Morgan fingerprint density at radius 2 is 1.27 bits per heavy atom. The molecule has 15 heavy (non-hydrogen) atoms. The van der Waals surface area contributed by atoms with Gasteiger partial charge in [0.05, 0.1) is 10.1 Å². The van der Waals surface area contributed by atoms with Crippen LogP contribution in [-0.4, -0.2) is 30.4 Å². The van der Waals surface area contributed by atoms with Crippen molar-refractivity contribution < 1.29 is 69.5 Å². The smallest absolute Gasteiger partial charge is 0.748 e. The van der Waals surface area contributed by atoms with Gasteiger partial charge >= 0.3 is 51.4 Å². The molecule has 86 valence electrons. The zero-order valence-corrected chi connectivity index (χ0v) is 13.4. The van der Waals surface area contributed by atoms with E-state index in [0.717, 1.165) is 38.5 Å². The minimum atomic E-state index is -4.01. The van der Waals surface area contributed by atoms with Crippen molar-refractivity contribution in [3.63, 3.8) is 0 Å². The summed E-state index contributed by atoms with van der Waals surface area (Å²) in [7, 11) is -4.01. The van der Waals surface area contributed by atoms with Crippen molar-refractivity contribution >= 4 is 10.1 Å². The van der Waals surface area contributed by atoms with Gasteiger partial charge in [0, 0.05) is 12.4 Å². The summed E-state index contributed by atoms with van der Waals surface area (Å²) < 4.78 is 30.7. The molecule has 0 atom stereocenters. The molecule has 0 saturated carbocycles. The van der Waals surface area contributed by atoms with Crippen molar-refractivity contribution in [1.82, 2.24) is 0 Å². The Morgan fingerprint density at radius 3 is 1.67 bits per heavy atom. The first-order valence-corrected chi connectivity index (χ1v) is 6.68. The SMILES string of the molecule is O=S(=O)([O-])CCCCCCCCCO.[K+]. The maximum absolute atomic E-state index is 10.2. The van der Waals surface area contributed by atoms with Gasteiger partial charge in [-0.25, -0.2) is 8.42 Å². The molecule has 0 aliphatic carbocycles. The summed E-state index contributed by atoms with van der Waals surface area (Å²) in [6.07, 6.45) is 6.25. The predicted octanol–water partition coefficient (Wildman–Crippen LogP) is -1.74. The number of hydrogen-bond donors (Lipinski definition) is 1. The molecule has 0 amide bonds. The fraction of sp³-hybridized carbons (Fsp3) is 1.00. The molecule has 0 unspecified atom stereocenters. The molecule has 0 radical (unpaired) electrons. The normalized spacial score (nSPS) is 11.1. The van der Waals surface area contributed by atoms with Gasteiger partial charge in [-0.2, -0.15) is 0 Å². The number of unbranched alkanes of at least 4 members (excludes halogenated alkanes) is 6. The van der Waals surface area contributed by atoms with E-state index in [0.29, 0.717) is 6.42 Å². The maximum Gasteiger partial charge on any atom is 1.00 e. The van der Waals surface area contributed by atoms with E-state index < -0.39 is 10.1 Å². The Hall–Kier alpha value is 1.51. The molecule has 0 aromatic rings. The molecule has 0 aliphatic heterocycles. The van der Waals surface area contributed by atoms with Crippen LogP contribution in [0.25, 0.3) is 0 Å². The van der Waals surface area contributed by atoms with E-state index in [-0.39, 0.29) is 63.7 Å². The minimum Gasteiger partial charge on any atom is -0.748 e. The first-order chi connectivity index (χ1) is 6.56. The first-order valence-electron chi connectivity index (χ1n) is 5.10. The number of rotatable bonds is 9. The Kier molecular flexibility index (Phi) is 15.1. The van der Waals surface area contributed by atoms with Crippen LogP contribution in [0.1, 0.15) is 44.9 Å². The fourth-order valence-corrected chi connectivity index (χ4v) is 1.83. The van der Waals surface area contributed by atoms with Gasteiger partial charge in [-0.15, -0.1) is 0 Å². The third kappa shape index (κ3) is 18.1. The van der Waals surface area contributed by atoms with Crippen molar-refractivity contribution in [2.45, 2.75) is 44.9 Å². The van der Waals surface area contributed by atoms with Crippen molar-refractivity contribution in [1.29, 1.82) is 0 Å². The van der Waals surface area contributed by atoms with Gasteiger partial charge < -0.3 is 9.66 Å². The Bertz CT molecular complexity index is 216. The summed E-state index contributed by atoms with van der Waals surface area (Å²) >= 11 is 0. The van der Waals surface area contributed by atoms with Crippen LogP contribution in [0, 0.1) is 0 Å². The van der Waals surface area contributed by atoms with Crippen molar-refractivity contribution in [2.24, 2.45) is 0 Å². The number of aliphatic hydroxyl groups excluding tert-OH is 1. The van der Waals surface area contributed by atoms with E-state index in [1.54, 1.807) is 0 Å². The second-order valence-corrected chi connectivity index (χ2v) is 4.98. The summed E-state index contributed by atoms with van der Waals surface area (Å²) in [5.41, 5.74) is 0. The second kappa shape index (κ2) is 12.0. The molecule has 0 bridgehead atoms. The molecule has 4 nitrogen and oxygen atoms in total. The second-order valence-electron chi connectivity index (χ2n) is 3.46. The molecule has 0 fully saturated rings. The van der Waals surface area contributed by atoms with E-state index in [1.165, 1.54) is 0 Å². The van der Waals surface area contributed by atoms with E-state index in [1.807, 2.05) is 0 Å². The fourth-order valence-electron chi connectivity index (χ4n) is 1.27. The number of hydrogen-bond acceptors (Lipinski definition) is 4. The van der Waals surface area contributed by atoms with Gasteiger partial charge in [0.15, 0.2) is 0 Å². The summed E-state index contributed by atoms with van der Waals surface area (Å²) in [4.78, 5) is 0. The largest absolute Gasteiger partial charge is 1.00 e. The third-order valence-electron chi connectivity index (χ3n) is 2.05. The standard InChI is InChI=1S/C9H20O4S.K/c10-8-6-4-2-1-3-5-7-9-14(11,12)13;/h10H,1-9H2,(H,11,12,13);/q;+1/p-1. The van der Waals surface area contributed by atoms with Crippen LogP contribution in [-0.2, 0) is 10.1 Å². The summed E-state index contributed by atoms with van der Waals surface area (Å²) in [6.45, 7) is 0.244. The van der Waals surface area contributed by atoms with Gasteiger partial charge in [-0.1, -0.05) is 32.1 Å². The molecule has 6 heteroatoms. The average Bonchev–Trinajstić information content (AvgIpc) is 2.08. The summed E-state index contributed by atoms with van der Waals surface area (Å²) in [6, 6.07) is 0. The van der Waals surface area contributed by atoms with Crippen LogP contribution in [0.3, 0.4) is 0 Å². The van der Waals surface area contributed by atoms with Crippen molar-refractivity contribution in [3.05, 3.63) is 0 Å². The molecule has 0 spiro atoms. The minimum absolute atomic E-state index is 0. The molecular formula is C9H19KO4S. The van der Waals surface area contributed by atoms with Crippen LogP contribution < -0.4 is 51.4 Å². The van der Waals surface area contributed by atoms with E-state index >= 15 is 0 Å². The maximum atomic E-state index is 10.2.